The lowest BCUT2D eigenvalue weighted by molar-refractivity contribution is -0.118. The lowest BCUT2D eigenvalue weighted by Gasteiger charge is -2.25. The third kappa shape index (κ3) is 4.79. The molecule has 8 heteroatoms. The van der Waals surface area contributed by atoms with Crippen molar-refractivity contribution < 1.29 is 18.7 Å². The van der Waals surface area contributed by atoms with E-state index in [1.54, 1.807) is 42.5 Å². The molecule has 4 rings (SSSR count). The van der Waals surface area contributed by atoms with Crippen LogP contribution in [0.15, 0.2) is 48.5 Å². The van der Waals surface area contributed by atoms with Gasteiger partial charge in [-0.2, -0.15) is 0 Å². The molecular formula is C21H20FN3O3S. The maximum atomic E-state index is 13.8. The fraction of sp³-hybridized carbons (Fsp3) is 0.238. The molecule has 1 aliphatic rings. The highest BCUT2D eigenvalue weighted by atomic mass is 32.1. The van der Waals surface area contributed by atoms with Gasteiger partial charge in [0.1, 0.15) is 5.82 Å². The Morgan fingerprint density at radius 3 is 2.41 bits per heavy atom. The van der Waals surface area contributed by atoms with Gasteiger partial charge < -0.3 is 15.4 Å². The Hall–Kier alpha value is -2.81. The molecule has 0 radical (unpaired) electrons. The minimum atomic E-state index is -0.338. The molecule has 2 aromatic carbocycles. The second-order valence-electron chi connectivity index (χ2n) is 6.73. The second-order valence-corrected chi connectivity index (χ2v) is 7.81. The number of nitrogens with one attached hydrogen (secondary N) is 2. The van der Waals surface area contributed by atoms with Crippen molar-refractivity contribution in [2.45, 2.75) is 0 Å². The van der Waals surface area contributed by atoms with Crippen LogP contribution < -0.4 is 10.6 Å². The first-order chi connectivity index (χ1) is 14.1. The molecule has 1 saturated heterocycles. The van der Waals surface area contributed by atoms with Gasteiger partial charge in [-0.3, -0.25) is 14.5 Å². The predicted octanol–water partition coefficient (Wildman–Crippen LogP) is 3.56. The van der Waals surface area contributed by atoms with E-state index < -0.39 is 0 Å². The zero-order valence-electron chi connectivity index (χ0n) is 15.6. The van der Waals surface area contributed by atoms with Crippen molar-refractivity contribution in [3.05, 3.63) is 59.2 Å². The summed E-state index contributed by atoms with van der Waals surface area (Å²) >= 11 is 1.24. The van der Waals surface area contributed by atoms with E-state index in [2.05, 4.69) is 10.6 Å². The van der Waals surface area contributed by atoms with Crippen LogP contribution in [0.25, 0.3) is 10.1 Å². The van der Waals surface area contributed by atoms with Crippen LogP contribution in [0.2, 0.25) is 0 Å². The topological polar surface area (TPSA) is 70.7 Å². The Morgan fingerprint density at radius 1 is 1.03 bits per heavy atom. The Kier molecular flexibility index (Phi) is 5.84. The normalized spacial score (nSPS) is 14.7. The van der Waals surface area contributed by atoms with E-state index in [-0.39, 0.29) is 17.6 Å². The summed E-state index contributed by atoms with van der Waals surface area (Å²) in [5.74, 6) is -0.722. The van der Waals surface area contributed by atoms with E-state index in [9.17, 15) is 14.0 Å². The number of morpholine rings is 1. The summed E-state index contributed by atoms with van der Waals surface area (Å²) in [7, 11) is 0. The molecule has 3 aromatic rings. The second kappa shape index (κ2) is 8.69. The van der Waals surface area contributed by atoms with Crippen LogP contribution in [0.1, 0.15) is 9.67 Å². The van der Waals surface area contributed by atoms with Crippen LogP contribution >= 0.6 is 11.3 Å². The molecule has 6 nitrogen and oxygen atoms in total. The van der Waals surface area contributed by atoms with Gasteiger partial charge in [-0.05, 0) is 42.5 Å². The maximum absolute atomic E-state index is 13.8. The van der Waals surface area contributed by atoms with Gasteiger partial charge in [0.05, 0.1) is 24.6 Å². The summed E-state index contributed by atoms with van der Waals surface area (Å²) < 4.78 is 19.8. The molecule has 1 aliphatic heterocycles. The highest BCUT2D eigenvalue weighted by molar-refractivity contribution is 7.20. The van der Waals surface area contributed by atoms with Gasteiger partial charge in [-0.25, -0.2) is 4.39 Å². The number of carbonyl (C=O) groups excluding carboxylic acids is 2. The number of hydrogen-bond donors (Lipinski definition) is 2. The monoisotopic (exact) mass is 413 g/mol. The average Bonchev–Trinajstić information content (AvgIpc) is 3.16. The first-order valence-corrected chi connectivity index (χ1v) is 10.1. The number of amides is 2. The fourth-order valence-electron chi connectivity index (χ4n) is 3.13. The van der Waals surface area contributed by atoms with E-state index in [0.717, 1.165) is 17.8 Å². The van der Waals surface area contributed by atoms with Crippen LogP contribution in [0.3, 0.4) is 0 Å². The van der Waals surface area contributed by atoms with E-state index in [1.165, 1.54) is 17.4 Å². The van der Waals surface area contributed by atoms with Crippen molar-refractivity contribution in [3.63, 3.8) is 0 Å². The minimum absolute atomic E-state index is 0.0870. The smallest absolute Gasteiger partial charge is 0.265 e. The van der Waals surface area contributed by atoms with Crippen molar-refractivity contribution in [2.24, 2.45) is 0 Å². The van der Waals surface area contributed by atoms with Crippen molar-refractivity contribution >= 4 is 44.6 Å². The molecule has 0 saturated carbocycles. The highest BCUT2D eigenvalue weighted by Crippen LogP contribution is 2.28. The Labute approximate surface area is 171 Å². The molecule has 150 valence electrons. The summed E-state index contributed by atoms with van der Waals surface area (Å²) in [4.78, 5) is 27.1. The number of nitrogens with zero attached hydrogens (tertiary/aromatic N) is 1. The van der Waals surface area contributed by atoms with Crippen molar-refractivity contribution in [3.8, 4) is 0 Å². The number of halogens is 1. The van der Waals surface area contributed by atoms with Gasteiger partial charge in [-0.1, -0.05) is 6.07 Å². The largest absolute Gasteiger partial charge is 0.379 e. The zero-order valence-corrected chi connectivity index (χ0v) is 16.4. The number of fused-ring (bicyclic) bond motifs is 1. The number of anilines is 2. The molecular weight excluding hydrogens is 393 g/mol. The highest BCUT2D eigenvalue weighted by Gasteiger charge is 2.15. The lowest BCUT2D eigenvalue weighted by Crippen LogP contribution is -2.41. The van der Waals surface area contributed by atoms with E-state index in [1.807, 2.05) is 4.90 Å². The molecule has 0 atom stereocenters. The third-order valence-corrected chi connectivity index (χ3v) is 5.73. The molecule has 0 spiro atoms. The number of rotatable bonds is 5. The van der Waals surface area contributed by atoms with E-state index >= 15 is 0 Å². The van der Waals surface area contributed by atoms with Crippen molar-refractivity contribution in [1.29, 1.82) is 0 Å². The Balaban J connectivity index is 1.35. The predicted molar refractivity (Wildman–Crippen MR) is 112 cm³/mol. The number of benzene rings is 2. The molecule has 2 heterocycles. The van der Waals surface area contributed by atoms with Gasteiger partial charge in [0, 0.05) is 34.6 Å². The van der Waals surface area contributed by atoms with Crippen molar-refractivity contribution in [1.82, 2.24) is 4.90 Å². The molecule has 29 heavy (non-hydrogen) atoms. The van der Waals surface area contributed by atoms with Crippen molar-refractivity contribution in [2.75, 3.05) is 43.5 Å². The number of carbonyl (C=O) groups is 2. The Bertz CT molecular complexity index is 1030. The van der Waals surface area contributed by atoms with Crippen LogP contribution in [0, 0.1) is 5.82 Å². The van der Waals surface area contributed by atoms with Crippen LogP contribution in [-0.2, 0) is 9.53 Å². The van der Waals surface area contributed by atoms with Gasteiger partial charge in [0.15, 0.2) is 0 Å². The number of hydrogen-bond acceptors (Lipinski definition) is 5. The average molecular weight is 413 g/mol. The summed E-state index contributed by atoms with van der Waals surface area (Å²) in [5.41, 5.74) is 1.25. The first kappa shape index (κ1) is 19.5. The Morgan fingerprint density at radius 2 is 1.72 bits per heavy atom. The van der Waals surface area contributed by atoms with Crippen LogP contribution in [0.5, 0.6) is 0 Å². The quantitative estimate of drug-likeness (QED) is 0.671. The van der Waals surface area contributed by atoms with E-state index in [4.69, 9.17) is 4.74 Å². The molecule has 1 fully saturated rings. The molecule has 2 amide bonds. The fourth-order valence-corrected chi connectivity index (χ4v) is 4.10. The standard InChI is InChI=1S/C21H20FN3O3S/c22-17-2-1-3-18-16(17)12-19(29-18)21(27)24-15-6-4-14(5-7-15)23-20(26)13-25-8-10-28-11-9-25/h1-7,12H,8-11,13H2,(H,23,26)(H,24,27). The summed E-state index contributed by atoms with van der Waals surface area (Å²) in [6, 6.07) is 13.3. The first-order valence-electron chi connectivity index (χ1n) is 9.28. The molecule has 2 N–H and O–H groups in total. The van der Waals surface area contributed by atoms with Gasteiger partial charge in [0.25, 0.3) is 5.91 Å². The zero-order chi connectivity index (χ0) is 20.2. The van der Waals surface area contributed by atoms with Crippen LogP contribution in [-0.4, -0.2) is 49.6 Å². The molecule has 1 aromatic heterocycles. The number of thiophene rings is 1. The SMILES string of the molecule is O=C(CN1CCOCC1)Nc1ccc(NC(=O)c2cc3c(F)cccc3s2)cc1. The lowest BCUT2D eigenvalue weighted by atomic mass is 10.2. The van der Waals surface area contributed by atoms with Gasteiger partial charge in [-0.15, -0.1) is 11.3 Å². The number of ether oxygens (including phenoxy) is 1. The van der Waals surface area contributed by atoms with Gasteiger partial charge >= 0.3 is 0 Å². The maximum Gasteiger partial charge on any atom is 0.265 e. The van der Waals surface area contributed by atoms with Gasteiger partial charge in [0.2, 0.25) is 5.91 Å². The molecule has 0 aliphatic carbocycles. The third-order valence-electron chi connectivity index (χ3n) is 4.63. The van der Waals surface area contributed by atoms with E-state index in [0.29, 0.717) is 41.4 Å². The summed E-state index contributed by atoms with van der Waals surface area (Å²) in [6.45, 7) is 3.12. The van der Waals surface area contributed by atoms with Crippen LogP contribution in [0.4, 0.5) is 15.8 Å². The molecule has 0 unspecified atom stereocenters. The summed E-state index contributed by atoms with van der Waals surface area (Å²) in [5, 5.41) is 6.10. The summed E-state index contributed by atoms with van der Waals surface area (Å²) in [6.07, 6.45) is 0. The minimum Gasteiger partial charge on any atom is -0.379 e. The molecule has 0 bridgehead atoms.